The fourth-order valence-corrected chi connectivity index (χ4v) is 1.79. The summed E-state index contributed by atoms with van der Waals surface area (Å²) in [4.78, 5) is 4.18. The lowest BCUT2D eigenvalue weighted by molar-refractivity contribution is 0.891. The molecule has 98 valence electrons. The molecule has 0 amide bonds. The lowest BCUT2D eigenvalue weighted by atomic mass is 10.1. The first-order valence-corrected chi connectivity index (χ1v) is 6.22. The normalized spacial score (nSPS) is 12.1. The third-order valence-corrected chi connectivity index (χ3v) is 2.71. The highest BCUT2D eigenvalue weighted by atomic mass is 15.4. The maximum atomic E-state index is 4.54. The van der Waals surface area contributed by atoms with E-state index in [4.69, 9.17) is 0 Å². The molecule has 2 rings (SSSR count). The van der Waals surface area contributed by atoms with Gasteiger partial charge in [0.1, 0.15) is 0 Å². The van der Waals surface area contributed by atoms with Crippen molar-refractivity contribution in [3.8, 4) is 11.3 Å². The maximum Gasteiger partial charge on any atom is 0.222 e. The van der Waals surface area contributed by atoms with Crippen LogP contribution in [-0.2, 0) is 0 Å². The molecule has 1 N–H and O–H groups in total. The van der Waals surface area contributed by atoms with Crippen LogP contribution in [0.2, 0.25) is 0 Å². The molecule has 2 aromatic rings. The Balaban J connectivity index is 2.28. The van der Waals surface area contributed by atoms with Gasteiger partial charge >= 0.3 is 0 Å². The third kappa shape index (κ3) is 3.10. The zero-order valence-electron chi connectivity index (χ0n) is 11.5. The predicted molar refractivity (Wildman–Crippen MR) is 79.1 cm³/mol. The second kappa shape index (κ2) is 6.00. The van der Waals surface area contributed by atoms with E-state index in [9.17, 15) is 0 Å². The number of rotatable bonds is 2. The van der Waals surface area contributed by atoms with E-state index in [1.165, 1.54) is 5.56 Å². The Hall–Kier alpha value is -2.36. The van der Waals surface area contributed by atoms with Crippen molar-refractivity contribution in [2.24, 2.45) is 4.99 Å². The van der Waals surface area contributed by atoms with Gasteiger partial charge in [0, 0.05) is 18.8 Å². The van der Waals surface area contributed by atoms with Crippen LogP contribution in [0, 0.1) is 6.92 Å². The van der Waals surface area contributed by atoms with E-state index in [0.717, 1.165) is 11.3 Å². The largest absolute Gasteiger partial charge is 0.331 e. The van der Waals surface area contributed by atoms with Gasteiger partial charge in [-0.1, -0.05) is 29.8 Å². The van der Waals surface area contributed by atoms with E-state index in [1.807, 2.05) is 37.5 Å². The van der Waals surface area contributed by atoms with Crippen LogP contribution < -0.4 is 5.32 Å². The molecule has 0 radical (unpaired) electrons. The topological polar surface area (TPSA) is 42.2 Å². The second-order valence-corrected chi connectivity index (χ2v) is 4.21. The van der Waals surface area contributed by atoms with Crippen LogP contribution in [0.1, 0.15) is 12.5 Å². The zero-order chi connectivity index (χ0) is 13.7. The van der Waals surface area contributed by atoms with Gasteiger partial charge in [0.2, 0.25) is 5.96 Å². The molecule has 1 heterocycles. The quantitative estimate of drug-likeness (QED) is 0.661. The molecule has 1 aromatic heterocycles. The van der Waals surface area contributed by atoms with Crippen LogP contribution in [0.5, 0.6) is 0 Å². The van der Waals surface area contributed by atoms with E-state index in [1.54, 1.807) is 11.7 Å². The van der Waals surface area contributed by atoms with Crippen LogP contribution in [0.3, 0.4) is 0 Å². The summed E-state index contributed by atoms with van der Waals surface area (Å²) in [5, 5.41) is 7.62. The first-order chi connectivity index (χ1) is 9.24. The van der Waals surface area contributed by atoms with Crippen LogP contribution in [0.15, 0.2) is 53.8 Å². The molecule has 0 spiro atoms. The molecule has 0 saturated carbocycles. The van der Waals surface area contributed by atoms with E-state index >= 15 is 0 Å². The average molecular weight is 254 g/mol. The number of aryl methyl sites for hydroxylation is 1. The highest BCUT2D eigenvalue weighted by Gasteiger charge is 2.05. The van der Waals surface area contributed by atoms with Gasteiger partial charge in [-0.25, -0.2) is 4.68 Å². The number of benzene rings is 1. The molecular formula is C15H18N4. The summed E-state index contributed by atoms with van der Waals surface area (Å²) in [6, 6.07) is 10.3. The SMILES string of the molecule is C/C=C\NC(=NC)n1ccc(-c2cccc(C)c2)n1. The molecule has 0 saturated heterocycles. The van der Waals surface area contributed by atoms with E-state index in [2.05, 4.69) is 40.5 Å². The Labute approximate surface area is 113 Å². The molecule has 0 fully saturated rings. The van der Waals surface area contributed by atoms with Crippen molar-refractivity contribution in [1.29, 1.82) is 0 Å². The molecular weight excluding hydrogens is 236 g/mol. The first-order valence-electron chi connectivity index (χ1n) is 6.22. The highest BCUT2D eigenvalue weighted by molar-refractivity contribution is 5.82. The minimum Gasteiger partial charge on any atom is -0.331 e. The molecule has 0 aliphatic heterocycles. The van der Waals surface area contributed by atoms with Crippen molar-refractivity contribution in [2.45, 2.75) is 13.8 Å². The summed E-state index contributed by atoms with van der Waals surface area (Å²) in [7, 11) is 1.74. The van der Waals surface area contributed by atoms with Crippen LogP contribution in [-0.4, -0.2) is 22.8 Å². The van der Waals surface area contributed by atoms with Gasteiger partial charge in [-0.3, -0.25) is 4.99 Å². The monoisotopic (exact) mass is 254 g/mol. The Morgan fingerprint density at radius 3 is 2.89 bits per heavy atom. The van der Waals surface area contributed by atoms with Crippen LogP contribution in [0.25, 0.3) is 11.3 Å². The molecule has 0 atom stereocenters. The third-order valence-electron chi connectivity index (χ3n) is 2.71. The fourth-order valence-electron chi connectivity index (χ4n) is 1.79. The Morgan fingerprint density at radius 2 is 2.21 bits per heavy atom. The van der Waals surface area contributed by atoms with Gasteiger partial charge in [-0.05, 0) is 32.2 Å². The first kappa shape index (κ1) is 13.1. The zero-order valence-corrected chi connectivity index (χ0v) is 11.5. The summed E-state index contributed by atoms with van der Waals surface area (Å²) in [6.45, 7) is 4.02. The van der Waals surface area contributed by atoms with Crippen LogP contribution >= 0.6 is 0 Å². The van der Waals surface area contributed by atoms with Crippen LogP contribution in [0.4, 0.5) is 0 Å². The number of nitrogens with zero attached hydrogens (tertiary/aromatic N) is 3. The van der Waals surface area contributed by atoms with Crippen molar-refractivity contribution >= 4 is 5.96 Å². The Bertz CT molecular complexity index is 608. The molecule has 0 unspecified atom stereocenters. The summed E-state index contributed by atoms with van der Waals surface area (Å²) >= 11 is 0. The van der Waals surface area contributed by atoms with E-state index in [0.29, 0.717) is 5.96 Å². The fraction of sp³-hybridized carbons (Fsp3) is 0.200. The lowest BCUT2D eigenvalue weighted by Gasteiger charge is -2.04. The molecule has 4 heteroatoms. The van der Waals surface area contributed by atoms with Gasteiger partial charge in [-0.15, -0.1) is 0 Å². The number of hydrogen-bond donors (Lipinski definition) is 1. The molecule has 0 aliphatic rings. The maximum absolute atomic E-state index is 4.54. The van der Waals surface area contributed by atoms with E-state index in [-0.39, 0.29) is 0 Å². The number of nitrogens with one attached hydrogen (secondary N) is 1. The predicted octanol–water partition coefficient (Wildman–Crippen LogP) is 2.82. The minimum absolute atomic E-state index is 0.692. The number of aliphatic imine (C=N–C) groups is 1. The van der Waals surface area contributed by atoms with Crippen molar-refractivity contribution in [3.63, 3.8) is 0 Å². The average Bonchev–Trinajstić information content (AvgIpc) is 2.89. The number of hydrogen-bond acceptors (Lipinski definition) is 2. The standard InChI is InChI=1S/C15H18N4/c1-4-9-17-15(16-3)19-10-8-14(18-19)13-7-5-6-12(2)11-13/h4-11H,1-3H3,(H,16,17)/b9-4-. The van der Waals surface area contributed by atoms with Crippen molar-refractivity contribution in [2.75, 3.05) is 7.05 Å². The Morgan fingerprint density at radius 1 is 1.37 bits per heavy atom. The van der Waals surface area contributed by atoms with Gasteiger partial charge < -0.3 is 5.32 Å². The summed E-state index contributed by atoms with van der Waals surface area (Å²) in [5.41, 5.74) is 3.27. The summed E-state index contributed by atoms with van der Waals surface area (Å²) in [5.74, 6) is 0.692. The second-order valence-electron chi connectivity index (χ2n) is 4.21. The molecule has 0 bridgehead atoms. The lowest BCUT2D eigenvalue weighted by Crippen LogP contribution is -2.26. The summed E-state index contributed by atoms with van der Waals surface area (Å²) in [6.07, 6.45) is 5.64. The molecule has 0 aliphatic carbocycles. The minimum atomic E-state index is 0.692. The highest BCUT2D eigenvalue weighted by Crippen LogP contribution is 2.17. The Kier molecular flexibility index (Phi) is 4.13. The van der Waals surface area contributed by atoms with Gasteiger partial charge in [0.25, 0.3) is 0 Å². The van der Waals surface area contributed by atoms with Crippen molar-refractivity contribution in [1.82, 2.24) is 15.1 Å². The molecule has 1 aromatic carbocycles. The smallest absolute Gasteiger partial charge is 0.222 e. The van der Waals surface area contributed by atoms with Gasteiger partial charge in [0.05, 0.1) is 5.69 Å². The van der Waals surface area contributed by atoms with Crippen molar-refractivity contribution < 1.29 is 0 Å². The van der Waals surface area contributed by atoms with Gasteiger partial charge in [0.15, 0.2) is 0 Å². The molecule has 4 nitrogen and oxygen atoms in total. The van der Waals surface area contributed by atoms with E-state index < -0.39 is 0 Å². The van der Waals surface area contributed by atoms with Gasteiger partial charge in [-0.2, -0.15) is 5.10 Å². The van der Waals surface area contributed by atoms with Crippen molar-refractivity contribution in [3.05, 3.63) is 54.4 Å². The number of allylic oxidation sites excluding steroid dienone is 1. The summed E-state index contributed by atoms with van der Waals surface area (Å²) < 4.78 is 1.73. The number of aromatic nitrogens is 2. The molecule has 19 heavy (non-hydrogen) atoms.